The Morgan fingerprint density at radius 1 is 0.723 bits per heavy atom. The van der Waals surface area contributed by atoms with Crippen LogP contribution in [0.2, 0.25) is 20.1 Å². The maximum atomic E-state index is 12.1. The van der Waals surface area contributed by atoms with Crippen LogP contribution in [0.1, 0.15) is 12.8 Å². The molecule has 3 N–H and O–H groups in total. The second-order valence-electron chi connectivity index (χ2n) is 14.4. The molecule has 0 saturated carbocycles. The van der Waals surface area contributed by atoms with E-state index in [1.165, 1.54) is 12.4 Å². The van der Waals surface area contributed by atoms with E-state index in [-0.39, 0.29) is 43.5 Å². The molecule has 0 aliphatic carbocycles. The predicted molar refractivity (Wildman–Crippen MR) is 268 cm³/mol. The number of rotatable bonds is 8. The number of piperazine rings is 1. The number of anilines is 2. The predicted octanol–water partition coefficient (Wildman–Crippen LogP) is 9.12. The molecule has 20 heteroatoms. The smallest absolute Gasteiger partial charge is 0.139 e. The summed E-state index contributed by atoms with van der Waals surface area (Å²) in [4.78, 5) is 45.1. The van der Waals surface area contributed by atoms with E-state index in [2.05, 4.69) is 49.0 Å². The number of carboxylic acids is 1. The third kappa shape index (κ3) is 13.9. The van der Waals surface area contributed by atoms with Crippen molar-refractivity contribution in [3.63, 3.8) is 0 Å². The Kier molecular flexibility index (Phi) is 21.0. The van der Waals surface area contributed by atoms with Crippen molar-refractivity contribution in [3.05, 3.63) is 131 Å². The number of aliphatic carboxylic acids is 1. The van der Waals surface area contributed by atoms with Crippen molar-refractivity contribution in [1.82, 2.24) is 24.8 Å². The van der Waals surface area contributed by atoms with Crippen LogP contribution < -0.4 is 9.80 Å². The van der Waals surface area contributed by atoms with E-state index in [0.717, 1.165) is 87.7 Å². The zero-order valence-electron chi connectivity index (χ0n) is 34.9. The minimum absolute atomic E-state index is 0. The van der Waals surface area contributed by atoms with E-state index in [4.69, 9.17) is 56.2 Å². The summed E-state index contributed by atoms with van der Waals surface area (Å²) in [6.45, 7) is 10.5. The molecule has 4 heterocycles. The number of hydrogen-bond donors (Lipinski definition) is 3. The standard InChI is InChI=1S/C22H20Cl2N4O2.C20H19Cl2N3O.C3H4O2.BH2OP.ClH/c1-2-21(30)28-8-7-27(11-16(28)12-29)22-18-9-17(14-3-5-15(23)6-4-14)19(24)10-20(18)25-13-26-22;21-15-5-3-14(4-6-15)16-8-17-19(9-18(16)22)23-12-24-20(17)25-7-1-2-13(10-25)11-26;1-2-3(4)5;2-1-3;/h2-6,9-10,13,16,29H,1,7-8,11-12H2;3-6,8-9,12-13,26H,1-2,7,10-11H2;2H,1H2,(H,4,5);3H2;1H. The number of hydrogen-bond acceptors (Lipinski definition) is 11. The molecule has 0 spiro atoms. The number of carbonyl (C=O) groups excluding carboxylic acids is 1. The van der Waals surface area contributed by atoms with Gasteiger partial charge < -0.3 is 30.0 Å². The van der Waals surface area contributed by atoms with E-state index in [1.54, 1.807) is 11.2 Å². The van der Waals surface area contributed by atoms with Gasteiger partial charge in [-0.25, -0.2) is 24.7 Å². The molecule has 3 atom stereocenters. The minimum Gasteiger partial charge on any atom is -0.396 e. The van der Waals surface area contributed by atoms with Gasteiger partial charge in [0.05, 0.1) is 33.7 Å². The summed E-state index contributed by atoms with van der Waals surface area (Å²) in [6, 6.07) is 22.5. The molecule has 2 aromatic heterocycles. The van der Waals surface area contributed by atoms with Crippen LogP contribution >= 0.6 is 67.9 Å². The Balaban J connectivity index is 0.000000243. The van der Waals surface area contributed by atoms with E-state index in [9.17, 15) is 19.8 Å². The summed E-state index contributed by atoms with van der Waals surface area (Å²) in [6.07, 6.45) is 7.30. The van der Waals surface area contributed by atoms with E-state index >= 15 is 0 Å². The zero-order chi connectivity index (χ0) is 46.3. The van der Waals surface area contributed by atoms with Crippen LogP contribution in [0.4, 0.5) is 11.6 Å². The number of carboxylic acid groups (broad SMARTS) is 1. The first-order valence-corrected chi connectivity index (χ1v) is 22.1. The van der Waals surface area contributed by atoms with E-state index < -0.39 is 5.97 Å². The number of benzene rings is 4. The molecule has 2 aliphatic rings. The largest absolute Gasteiger partial charge is 0.396 e. The first-order valence-electron chi connectivity index (χ1n) is 19.9. The molecule has 65 heavy (non-hydrogen) atoms. The number of nitrogens with zero attached hydrogens (tertiary/aromatic N) is 7. The molecule has 6 aromatic rings. The number of carbonyl (C=O) groups is 2. The topological polar surface area (TPSA) is 173 Å². The van der Waals surface area contributed by atoms with Gasteiger partial charge in [0.2, 0.25) is 5.91 Å². The van der Waals surface area contributed by atoms with E-state index in [1.807, 2.05) is 75.8 Å². The van der Waals surface area contributed by atoms with Gasteiger partial charge in [0.25, 0.3) is 0 Å². The van der Waals surface area contributed by atoms with Gasteiger partial charge in [0.1, 0.15) is 24.3 Å². The Morgan fingerprint density at radius 3 is 1.60 bits per heavy atom. The van der Waals surface area contributed by atoms with Crippen LogP contribution in [0.3, 0.4) is 0 Å². The van der Waals surface area contributed by atoms with Gasteiger partial charge in [-0.2, -0.15) is 0 Å². The number of aliphatic hydroxyl groups excluding tert-OH is 2. The van der Waals surface area contributed by atoms with Crippen molar-refractivity contribution in [2.24, 2.45) is 5.92 Å². The molecular weight excluding hydrogens is 954 g/mol. The first-order chi connectivity index (χ1) is 30.8. The molecule has 0 radical (unpaired) electrons. The number of amides is 1. The Bertz CT molecular complexity index is 2600. The van der Waals surface area contributed by atoms with Crippen molar-refractivity contribution in [3.8, 4) is 22.3 Å². The summed E-state index contributed by atoms with van der Waals surface area (Å²) in [7, 11) is 1.90. The molecule has 13 nitrogen and oxygen atoms in total. The van der Waals surface area contributed by atoms with E-state index in [0.29, 0.717) is 46.6 Å². The molecule has 1 amide bonds. The molecule has 2 saturated heterocycles. The molecule has 8 rings (SSSR count). The zero-order valence-corrected chi connectivity index (χ0v) is 39.9. The maximum Gasteiger partial charge on any atom is 0.139 e. The SMILES string of the molecule is C=CC(=O)N1CCN(c2ncnc3cc(Cl)c(-c4ccc(Cl)cc4)cc23)CC1CO.C=CC(=O)O.Cl.O=BP.OCC1CCCN(c2ncnc3cc(Cl)c(-c4ccc(Cl)cc4)cc23)C1. The molecule has 4 aromatic carbocycles. The molecule has 0 bridgehead atoms. The summed E-state index contributed by atoms with van der Waals surface area (Å²) < 4.78 is 8.77. The molecule has 2 aliphatic heterocycles. The van der Waals surface area contributed by atoms with Gasteiger partial charge in [-0.05, 0) is 84.5 Å². The van der Waals surface area contributed by atoms with Crippen molar-refractivity contribution in [2.45, 2.75) is 18.9 Å². The fourth-order valence-electron chi connectivity index (χ4n) is 7.35. The van der Waals surface area contributed by atoms with Gasteiger partial charge in [0.15, 0.2) is 0 Å². The van der Waals surface area contributed by atoms with Crippen molar-refractivity contribution in [2.75, 3.05) is 55.7 Å². The number of piperidine rings is 1. The maximum absolute atomic E-state index is 12.1. The third-order valence-corrected chi connectivity index (χ3v) is 11.5. The van der Waals surface area contributed by atoms with Crippen LogP contribution in [0.15, 0.2) is 111 Å². The normalized spacial score (nSPS) is 15.4. The second-order valence-corrected chi connectivity index (χ2v) is 16.4. The van der Waals surface area contributed by atoms with Crippen molar-refractivity contribution < 1.29 is 29.6 Å². The van der Waals surface area contributed by atoms with Crippen LogP contribution in [-0.4, -0.2) is 111 Å². The van der Waals surface area contributed by atoms with Gasteiger partial charge >= 0.3 is 26.7 Å². The summed E-state index contributed by atoms with van der Waals surface area (Å²) in [5.74, 6) is 0.774. The van der Waals surface area contributed by atoms with Gasteiger partial charge in [-0.3, -0.25) is 4.79 Å². The van der Waals surface area contributed by atoms with Gasteiger partial charge in [0, 0.05) is 77.4 Å². The number of aliphatic hydroxyl groups is 2. The average Bonchev–Trinajstić information content (AvgIpc) is 3.31. The summed E-state index contributed by atoms with van der Waals surface area (Å²) in [5, 5.41) is 31.4. The minimum atomic E-state index is -0.981. The van der Waals surface area contributed by atoms with Crippen molar-refractivity contribution in [1.29, 1.82) is 0 Å². The fraction of sp³-hybridized carbons (Fsp3) is 0.244. The van der Waals surface area contributed by atoms with Crippen LogP contribution in [0.5, 0.6) is 0 Å². The van der Waals surface area contributed by atoms with Crippen LogP contribution in [-0.2, 0) is 14.3 Å². The summed E-state index contributed by atoms with van der Waals surface area (Å²) in [5.41, 5.74) is 5.29. The Labute approximate surface area is 405 Å². The van der Waals surface area contributed by atoms with Crippen molar-refractivity contribution >= 4 is 120 Å². The molecule has 340 valence electrons. The molecule has 3 unspecified atom stereocenters. The number of aromatic nitrogens is 4. The van der Waals surface area contributed by atoms with Gasteiger partial charge in [-0.15, -0.1) is 12.4 Å². The quantitative estimate of drug-likeness (QED) is 0.0751. The molecular formula is C45H46BCl5N7O6P. The number of fused-ring (bicyclic) bond motifs is 2. The average molecular weight is 1000 g/mol. The first kappa shape index (κ1) is 52.9. The second kappa shape index (κ2) is 25.8. The van der Waals surface area contributed by atoms with Gasteiger partial charge in [-0.1, -0.05) is 83.8 Å². The Hall–Kier alpha value is -4.76. The third-order valence-electron chi connectivity index (χ3n) is 10.4. The van der Waals surface area contributed by atoms with Crippen LogP contribution in [0, 0.1) is 5.92 Å². The fourth-order valence-corrected chi connectivity index (χ4v) is 8.14. The molecule has 2 fully saturated rings. The Morgan fingerprint density at radius 2 is 1.18 bits per heavy atom. The monoisotopic (exact) mass is 997 g/mol. The summed E-state index contributed by atoms with van der Waals surface area (Å²) >= 11 is 25.1. The van der Waals surface area contributed by atoms with Crippen LogP contribution in [0.25, 0.3) is 44.1 Å². The number of halogens is 5.